The molecule has 4 nitrogen and oxygen atoms in total. The molecule has 2 N–H and O–H groups in total. The number of hydrogen-bond acceptors (Lipinski definition) is 3. The van der Waals surface area contributed by atoms with Gasteiger partial charge in [0, 0.05) is 10.6 Å². The Morgan fingerprint density at radius 2 is 1.83 bits per heavy atom. The van der Waals surface area contributed by atoms with Crippen LogP contribution in [0.5, 0.6) is 0 Å². The Hall–Kier alpha value is -1.98. The van der Waals surface area contributed by atoms with Crippen molar-refractivity contribution in [1.82, 2.24) is 0 Å². The fourth-order valence-electron chi connectivity index (χ4n) is 2.18. The lowest BCUT2D eigenvalue weighted by atomic mass is 10.0. The van der Waals surface area contributed by atoms with E-state index < -0.39 is 16.9 Å². The quantitative estimate of drug-likeness (QED) is 0.809. The molecule has 0 aromatic heterocycles. The van der Waals surface area contributed by atoms with Gasteiger partial charge in [0.2, 0.25) is 5.91 Å². The van der Waals surface area contributed by atoms with Gasteiger partial charge in [0.15, 0.2) is 0 Å². The number of amides is 1. The predicted molar refractivity (Wildman–Crippen MR) is 97.1 cm³/mol. The van der Waals surface area contributed by atoms with E-state index in [4.69, 9.17) is 0 Å². The van der Waals surface area contributed by atoms with Gasteiger partial charge in [-0.1, -0.05) is 44.2 Å². The SMILES string of the molecule is CC(C)C(O)CC(=O)Nc1cccc(CS(=O)c2ccccc2)c1. The molecule has 0 radical (unpaired) electrons. The Balaban J connectivity index is 1.99. The molecule has 0 saturated heterocycles. The second-order valence-electron chi connectivity index (χ2n) is 6.07. The molecule has 0 spiro atoms. The summed E-state index contributed by atoms with van der Waals surface area (Å²) in [4.78, 5) is 12.7. The van der Waals surface area contributed by atoms with Crippen molar-refractivity contribution in [2.24, 2.45) is 5.92 Å². The van der Waals surface area contributed by atoms with E-state index >= 15 is 0 Å². The van der Waals surface area contributed by atoms with Gasteiger partial charge in [0.25, 0.3) is 0 Å². The molecule has 24 heavy (non-hydrogen) atoms. The van der Waals surface area contributed by atoms with Crippen LogP contribution in [0.1, 0.15) is 25.8 Å². The largest absolute Gasteiger partial charge is 0.392 e. The van der Waals surface area contributed by atoms with Crippen LogP contribution in [0.2, 0.25) is 0 Å². The third-order valence-electron chi connectivity index (χ3n) is 3.68. The van der Waals surface area contributed by atoms with E-state index in [0.29, 0.717) is 11.4 Å². The average Bonchev–Trinajstić information content (AvgIpc) is 2.55. The second kappa shape index (κ2) is 8.76. The molecule has 1 amide bonds. The summed E-state index contributed by atoms with van der Waals surface area (Å²) in [6.07, 6.45) is -0.587. The van der Waals surface area contributed by atoms with Gasteiger partial charge in [-0.25, -0.2) is 0 Å². The van der Waals surface area contributed by atoms with E-state index in [1.54, 1.807) is 6.07 Å². The van der Waals surface area contributed by atoms with Crippen LogP contribution in [0.3, 0.4) is 0 Å². The zero-order valence-corrected chi connectivity index (χ0v) is 14.8. The minimum absolute atomic E-state index is 0.0374. The van der Waals surface area contributed by atoms with E-state index in [-0.39, 0.29) is 18.2 Å². The molecule has 2 aromatic rings. The monoisotopic (exact) mass is 345 g/mol. The first-order valence-corrected chi connectivity index (χ1v) is 9.28. The Kier molecular flexibility index (Phi) is 6.70. The van der Waals surface area contributed by atoms with Crippen LogP contribution < -0.4 is 5.32 Å². The highest BCUT2D eigenvalue weighted by molar-refractivity contribution is 7.84. The molecule has 0 fully saturated rings. The van der Waals surface area contributed by atoms with Gasteiger partial charge in [0.05, 0.1) is 29.1 Å². The Morgan fingerprint density at radius 3 is 2.50 bits per heavy atom. The van der Waals surface area contributed by atoms with Gasteiger partial charge in [-0.05, 0) is 35.7 Å². The van der Waals surface area contributed by atoms with Gasteiger partial charge in [0.1, 0.15) is 0 Å². The summed E-state index contributed by atoms with van der Waals surface area (Å²) >= 11 is 0. The lowest BCUT2D eigenvalue weighted by Gasteiger charge is -2.14. The van der Waals surface area contributed by atoms with E-state index in [1.807, 2.05) is 62.4 Å². The van der Waals surface area contributed by atoms with Crippen LogP contribution in [0.15, 0.2) is 59.5 Å². The molecule has 2 unspecified atom stereocenters. The number of aliphatic hydroxyl groups excluding tert-OH is 1. The molecule has 5 heteroatoms. The second-order valence-corrected chi connectivity index (χ2v) is 7.52. The molecule has 0 heterocycles. The molecule has 2 aromatic carbocycles. The predicted octanol–water partition coefficient (Wildman–Crippen LogP) is 3.34. The number of nitrogens with one attached hydrogen (secondary N) is 1. The molecule has 0 aliphatic heterocycles. The number of carbonyl (C=O) groups excluding carboxylic acids is 1. The van der Waals surface area contributed by atoms with Crippen LogP contribution in [0, 0.1) is 5.92 Å². The normalized spacial score (nSPS) is 13.5. The first-order valence-electron chi connectivity index (χ1n) is 7.96. The van der Waals surface area contributed by atoms with Gasteiger partial charge in [-0.15, -0.1) is 0 Å². The lowest BCUT2D eigenvalue weighted by Crippen LogP contribution is -2.23. The summed E-state index contributed by atoms with van der Waals surface area (Å²) in [5.74, 6) is 0.204. The molecule has 0 aliphatic carbocycles. The third kappa shape index (κ3) is 5.58. The fraction of sp³-hybridized carbons (Fsp3) is 0.316. The molecule has 0 bridgehead atoms. The van der Waals surface area contributed by atoms with Crippen molar-refractivity contribution in [1.29, 1.82) is 0 Å². The third-order valence-corrected chi connectivity index (χ3v) is 5.07. The zero-order valence-electron chi connectivity index (χ0n) is 13.9. The Labute approximate surface area is 145 Å². The number of benzene rings is 2. The van der Waals surface area contributed by atoms with E-state index in [9.17, 15) is 14.1 Å². The molecular weight excluding hydrogens is 322 g/mol. The first kappa shape index (κ1) is 18.4. The summed E-state index contributed by atoms with van der Waals surface area (Å²) in [7, 11) is -1.12. The molecule has 128 valence electrons. The lowest BCUT2D eigenvalue weighted by molar-refractivity contribution is -0.118. The summed E-state index contributed by atoms with van der Waals surface area (Å²) in [5.41, 5.74) is 1.54. The maximum absolute atomic E-state index is 12.4. The van der Waals surface area contributed by atoms with Gasteiger partial charge >= 0.3 is 0 Å². The van der Waals surface area contributed by atoms with Crippen LogP contribution in [-0.2, 0) is 21.3 Å². The highest BCUT2D eigenvalue weighted by atomic mass is 32.2. The number of rotatable bonds is 7. The number of carbonyl (C=O) groups is 1. The Morgan fingerprint density at radius 1 is 1.12 bits per heavy atom. The van der Waals surface area contributed by atoms with Gasteiger partial charge < -0.3 is 10.4 Å². The number of aliphatic hydroxyl groups is 1. The minimum Gasteiger partial charge on any atom is -0.392 e. The van der Waals surface area contributed by atoms with Gasteiger partial charge in [-0.3, -0.25) is 9.00 Å². The standard InChI is InChI=1S/C19H23NO3S/c1-14(2)18(21)12-19(22)20-16-8-6-7-15(11-16)13-24(23)17-9-4-3-5-10-17/h3-11,14,18,21H,12-13H2,1-2H3,(H,20,22). The van der Waals surface area contributed by atoms with Crippen molar-refractivity contribution in [2.45, 2.75) is 37.0 Å². The topological polar surface area (TPSA) is 66.4 Å². The number of anilines is 1. The highest BCUT2D eigenvalue weighted by Gasteiger charge is 2.14. The van der Waals surface area contributed by atoms with Crippen molar-refractivity contribution in [3.63, 3.8) is 0 Å². The van der Waals surface area contributed by atoms with Crippen LogP contribution >= 0.6 is 0 Å². The molecule has 2 rings (SSSR count). The number of hydrogen-bond donors (Lipinski definition) is 2. The summed E-state index contributed by atoms with van der Waals surface area (Å²) < 4.78 is 12.4. The molecular formula is C19H23NO3S. The summed E-state index contributed by atoms with van der Waals surface area (Å²) in [6.45, 7) is 3.74. The summed E-state index contributed by atoms with van der Waals surface area (Å²) in [6, 6.07) is 16.6. The average molecular weight is 345 g/mol. The minimum atomic E-state index is -1.12. The maximum atomic E-state index is 12.4. The first-order chi connectivity index (χ1) is 11.5. The smallest absolute Gasteiger partial charge is 0.226 e. The van der Waals surface area contributed by atoms with Crippen molar-refractivity contribution < 1.29 is 14.1 Å². The fourth-order valence-corrected chi connectivity index (χ4v) is 3.29. The molecule has 0 saturated carbocycles. The molecule has 2 atom stereocenters. The zero-order chi connectivity index (χ0) is 17.5. The van der Waals surface area contributed by atoms with Crippen molar-refractivity contribution in [3.05, 3.63) is 60.2 Å². The van der Waals surface area contributed by atoms with E-state index in [0.717, 1.165) is 10.5 Å². The van der Waals surface area contributed by atoms with Gasteiger partial charge in [-0.2, -0.15) is 0 Å². The van der Waals surface area contributed by atoms with Crippen molar-refractivity contribution in [2.75, 3.05) is 5.32 Å². The van der Waals surface area contributed by atoms with E-state index in [1.165, 1.54) is 0 Å². The highest BCUT2D eigenvalue weighted by Crippen LogP contribution is 2.17. The van der Waals surface area contributed by atoms with Crippen molar-refractivity contribution in [3.8, 4) is 0 Å². The van der Waals surface area contributed by atoms with E-state index in [2.05, 4.69) is 5.32 Å². The van der Waals surface area contributed by atoms with Crippen LogP contribution in [-0.4, -0.2) is 21.3 Å². The van der Waals surface area contributed by atoms with Crippen LogP contribution in [0.25, 0.3) is 0 Å². The van der Waals surface area contributed by atoms with Crippen molar-refractivity contribution >= 4 is 22.4 Å². The molecule has 0 aliphatic rings. The van der Waals surface area contributed by atoms with Crippen LogP contribution in [0.4, 0.5) is 5.69 Å². The Bertz CT molecular complexity index is 701. The summed E-state index contributed by atoms with van der Waals surface area (Å²) in [5, 5.41) is 12.6. The maximum Gasteiger partial charge on any atom is 0.226 e.